The molecule has 2 heterocycles. The summed E-state index contributed by atoms with van der Waals surface area (Å²) < 4.78 is 50.9. The van der Waals surface area contributed by atoms with Crippen LogP contribution in [0.4, 0.5) is 0 Å². The highest BCUT2D eigenvalue weighted by Crippen LogP contribution is 2.28. The zero-order chi connectivity index (χ0) is 19.2. The van der Waals surface area contributed by atoms with Gasteiger partial charge < -0.3 is 0 Å². The van der Waals surface area contributed by atoms with E-state index in [1.165, 1.54) is 0 Å². The Hall–Kier alpha value is -2.23. The monoisotopic (exact) mass is 405 g/mol. The van der Waals surface area contributed by atoms with E-state index < -0.39 is 25.9 Å². The lowest BCUT2D eigenvalue weighted by atomic mass is 10.00. The molecule has 1 aliphatic rings. The third kappa shape index (κ3) is 3.62. The number of sulfone groups is 1. The summed E-state index contributed by atoms with van der Waals surface area (Å²) in [6.07, 6.45) is 2.05. The molecule has 0 amide bonds. The average molecular weight is 406 g/mol. The van der Waals surface area contributed by atoms with Crippen LogP contribution in [-0.4, -0.2) is 44.6 Å². The normalized spacial score (nSPS) is 19.5. The van der Waals surface area contributed by atoms with Crippen molar-refractivity contribution >= 4 is 30.8 Å². The van der Waals surface area contributed by atoms with E-state index in [0.717, 1.165) is 27.6 Å². The third-order valence-corrected chi connectivity index (χ3v) is 8.10. The van der Waals surface area contributed by atoms with Gasteiger partial charge >= 0.3 is 0 Å². The molecule has 0 bridgehead atoms. The zero-order valence-corrected chi connectivity index (χ0v) is 16.3. The van der Waals surface area contributed by atoms with Gasteiger partial charge in [-0.15, -0.1) is 0 Å². The number of nitrogens with zero attached hydrogens (tertiary/aromatic N) is 1. The lowest BCUT2D eigenvalue weighted by molar-refractivity contribution is 0.562. The molecule has 1 unspecified atom stereocenters. The van der Waals surface area contributed by atoms with E-state index in [1.54, 1.807) is 24.4 Å². The third-order valence-electron chi connectivity index (χ3n) is 4.82. The number of sulfonamides is 1. The molecule has 1 saturated heterocycles. The molecule has 2 aromatic carbocycles. The van der Waals surface area contributed by atoms with Crippen LogP contribution < -0.4 is 4.72 Å². The molecule has 0 aliphatic carbocycles. The van der Waals surface area contributed by atoms with Crippen molar-refractivity contribution in [3.05, 3.63) is 48.2 Å². The van der Waals surface area contributed by atoms with E-state index in [9.17, 15) is 16.8 Å². The predicted octanol–water partition coefficient (Wildman–Crippen LogP) is 2.00. The largest absolute Gasteiger partial charge is 0.278 e. The number of benzene rings is 2. The molecule has 1 aromatic heterocycles. The van der Waals surface area contributed by atoms with E-state index in [0.29, 0.717) is 6.42 Å². The van der Waals surface area contributed by atoms with E-state index in [2.05, 4.69) is 14.9 Å². The Labute approximate surface area is 157 Å². The Bertz CT molecular complexity index is 1230. The van der Waals surface area contributed by atoms with Crippen molar-refractivity contribution in [2.75, 3.05) is 11.5 Å². The fourth-order valence-corrected chi connectivity index (χ4v) is 6.54. The first-order chi connectivity index (χ1) is 12.7. The first-order valence-electron chi connectivity index (χ1n) is 8.50. The summed E-state index contributed by atoms with van der Waals surface area (Å²) in [6.45, 7) is 1.85. The second-order valence-electron chi connectivity index (χ2n) is 6.87. The van der Waals surface area contributed by atoms with Gasteiger partial charge in [0.1, 0.15) is 0 Å². The Morgan fingerprint density at radius 2 is 2.00 bits per heavy atom. The van der Waals surface area contributed by atoms with Crippen molar-refractivity contribution in [1.82, 2.24) is 14.9 Å². The highest BCUT2D eigenvalue weighted by atomic mass is 32.2. The number of nitrogens with one attached hydrogen (secondary N) is 2. The molecule has 142 valence electrons. The molecule has 0 spiro atoms. The van der Waals surface area contributed by atoms with Crippen LogP contribution in [0.1, 0.15) is 12.0 Å². The molecular formula is C18H19N3O4S2. The second kappa shape index (κ2) is 6.43. The first-order valence-corrected chi connectivity index (χ1v) is 11.8. The van der Waals surface area contributed by atoms with Crippen LogP contribution in [0.5, 0.6) is 0 Å². The van der Waals surface area contributed by atoms with E-state index in [1.807, 2.05) is 25.1 Å². The van der Waals surface area contributed by atoms with Gasteiger partial charge in [-0.2, -0.15) is 5.10 Å². The van der Waals surface area contributed by atoms with Gasteiger partial charge in [0.25, 0.3) is 0 Å². The van der Waals surface area contributed by atoms with Crippen LogP contribution >= 0.6 is 0 Å². The van der Waals surface area contributed by atoms with Gasteiger partial charge in [-0.1, -0.05) is 18.2 Å². The lowest BCUT2D eigenvalue weighted by Crippen LogP contribution is -2.35. The van der Waals surface area contributed by atoms with Crippen molar-refractivity contribution in [2.24, 2.45) is 0 Å². The highest BCUT2D eigenvalue weighted by Gasteiger charge is 2.31. The smallest absolute Gasteiger partial charge is 0.240 e. The van der Waals surface area contributed by atoms with Crippen LogP contribution in [0.3, 0.4) is 0 Å². The van der Waals surface area contributed by atoms with Gasteiger partial charge in [-0.3, -0.25) is 5.10 Å². The number of hydrogen-bond acceptors (Lipinski definition) is 5. The molecule has 0 saturated carbocycles. The quantitative estimate of drug-likeness (QED) is 0.690. The minimum atomic E-state index is -3.77. The Morgan fingerprint density at radius 3 is 2.70 bits per heavy atom. The number of rotatable bonds is 4. The Kier molecular flexibility index (Phi) is 4.32. The molecule has 1 fully saturated rings. The average Bonchev–Trinajstić information content (AvgIpc) is 3.19. The fourth-order valence-electron chi connectivity index (χ4n) is 3.41. The zero-order valence-electron chi connectivity index (χ0n) is 14.6. The number of fused-ring (bicyclic) bond motifs is 1. The number of aromatic nitrogens is 2. The molecule has 27 heavy (non-hydrogen) atoms. The van der Waals surface area contributed by atoms with Crippen LogP contribution in [0.25, 0.3) is 22.0 Å². The molecule has 4 rings (SSSR count). The van der Waals surface area contributed by atoms with Crippen molar-refractivity contribution in [1.29, 1.82) is 0 Å². The first kappa shape index (κ1) is 18.1. The second-order valence-corrected chi connectivity index (χ2v) is 10.8. The summed E-state index contributed by atoms with van der Waals surface area (Å²) in [7, 11) is -6.92. The molecule has 2 N–H and O–H groups in total. The number of aryl methyl sites for hydroxylation is 1. The van der Waals surface area contributed by atoms with Gasteiger partial charge in [0, 0.05) is 11.4 Å². The number of hydrogen-bond donors (Lipinski definition) is 2. The minimum Gasteiger partial charge on any atom is -0.278 e. The SMILES string of the molecule is Cc1cc(S(=O)(=O)NC2CCS(=O)(=O)C2)ccc1-c1ccc2cn[nH]c2c1. The summed E-state index contributed by atoms with van der Waals surface area (Å²) in [5.74, 6) is -0.123. The van der Waals surface area contributed by atoms with Gasteiger partial charge in [0.05, 0.1) is 28.1 Å². The topological polar surface area (TPSA) is 109 Å². The molecule has 9 heteroatoms. The van der Waals surface area contributed by atoms with E-state index in [4.69, 9.17) is 0 Å². The van der Waals surface area contributed by atoms with Crippen molar-refractivity contribution in [3.8, 4) is 11.1 Å². The van der Waals surface area contributed by atoms with Crippen LogP contribution in [0.2, 0.25) is 0 Å². The Balaban J connectivity index is 1.62. The van der Waals surface area contributed by atoms with Crippen molar-refractivity contribution in [3.63, 3.8) is 0 Å². The number of H-pyrrole nitrogens is 1. The number of aromatic amines is 1. The summed E-state index contributed by atoms with van der Waals surface area (Å²) in [5, 5.41) is 7.94. The molecule has 1 aliphatic heterocycles. The van der Waals surface area contributed by atoms with E-state index >= 15 is 0 Å². The predicted molar refractivity (Wildman–Crippen MR) is 104 cm³/mol. The van der Waals surface area contributed by atoms with Crippen LogP contribution in [0, 0.1) is 6.92 Å². The maximum atomic E-state index is 12.6. The van der Waals surface area contributed by atoms with Gasteiger partial charge in [-0.05, 0) is 48.2 Å². The molecule has 3 aromatic rings. The van der Waals surface area contributed by atoms with Crippen LogP contribution in [0.15, 0.2) is 47.5 Å². The molecule has 0 radical (unpaired) electrons. The van der Waals surface area contributed by atoms with E-state index in [-0.39, 0.29) is 16.4 Å². The summed E-state index contributed by atoms with van der Waals surface area (Å²) in [6, 6.07) is 10.3. The van der Waals surface area contributed by atoms with Crippen molar-refractivity contribution in [2.45, 2.75) is 24.3 Å². The molecule has 1 atom stereocenters. The maximum Gasteiger partial charge on any atom is 0.240 e. The Morgan fingerprint density at radius 1 is 1.19 bits per heavy atom. The summed E-state index contributed by atoms with van der Waals surface area (Å²) in [4.78, 5) is 0.135. The van der Waals surface area contributed by atoms with Gasteiger partial charge in [-0.25, -0.2) is 21.6 Å². The summed E-state index contributed by atoms with van der Waals surface area (Å²) in [5.41, 5.74) is 3.61. The summed E-state index contributed by atoms with van der Waals surface area (Å²) >= 11 is 0. The van der Waals surface area contributed by atoms with Crippen LogP contribution in [-0.2, 0) is 19.9 Å². The highest BCUT2D eigenvalue weighted by molar-refractivity contribution is 7.92. The fraction of sp³-hybridized carbons (Fsp3) is 0.278. The minimum absolute atomic E-state index is 0.0221. The maximum absolute atomic E-state index is 12.6. The van der Waals surface area contributed by atoms with Crippen molar-refractivity contribution < 1.29 is 16.8 Å². The van der Waals surface area contributed by atoms with Gasteiger partial charge in [0.15, 0.2) is 9.84 Å². The van der Waals surface area contributed by atoms with Gasteiger partial charge in [0.2, 0.25) is 10.0 Å². The molecular weight excluding hydrogens is 386 g/mol. The standard InChI is InChI=1S/C18H19N3O4S2/c1-12-8-16(27(24,25)21-15-6-7-26(22,23)11-15)4-5-17(12)13-2-3-14-10-19-20-18(14)9-13/h2-5,8-10,15,21H,6-7,11H2,1H3,(H,19,20). The lowest BCUT2D eigenvalue weighted by Gasteiger charge is -2.13. The molecule has 7 nitrogen and oxygen atoms in total.